The van der Waals surface area contributed by atoms with E-state index in [2.05, 4.69) is 5.32 Å². The maximum atomic E-state index is 13.6. The zero-order valence-electron chi connectivity index (χ0n) is 18.9. The Labute approximate surface area is 207 Å². The van der Waals surface area contributed by atoms with Crippen LogP contribution in [0.3, 0.4) is 0 Å². The molecule has 0 saturated carbocycles. The van der Waals surface area contributed by atoms with Gasteiger partial charge in [-0.2, -0.15) is 0 Å². The first-order chi connectivity index (χ1) is 16.6. The molecular formula is C24H23ClF2N2O5S. The van der Waals surface area contributed by atoms with E-state index in [1.54, 1.807) is 43.5 Å². The summed E-state index contributed by atoms with van der Waals surface area (Å²) in [7, 11) is -2.24. The van der Waals surface area contributed by atoms with Crippen molar-refractivity contribution in [1.29, 1.82) is 0 Å². The van der Waals surface area contributed by atoms with Crippen LogP contribution < -0.4 is 19.1 Å². The number of methoxy groups -OCH3 is 1. The SMILES string of the molecule is COc1ccc(Oc2ccc(Cl)cc2NC(=O)CCCN(c2ccc(F)c(F)c2)S(C)(=O)=O)cc1. The van der Waals surface area contributed by atoms with E-state index >= 15 is 0 Å². The van der Waals surface area contributed by atoms with Gasteiger partial charge in [-0.15, -0.1) is 0 Å². The zero-order chi connectivity index (χ0) is 25.6. The highest BCUT2D eigenvalue weighted by atomic mass is 35.5. The number of anilines is 2. The molecule has 1 N–H and O–H groups in total. The molecule has 0 radical (unpaired) electrons. The van der Waals surface area contributed by atoms with E-state index in [0.717, 1.165) is 28.8 Å². The molecule has 0 fully saturated rings. The van der Waals surface area contributed by atoms with Gasteiger partial charge >= 0.3 is 0 Å². The van der Waals surface area contributed by atoms with Crippen LogP contribution in [0, 0.1) is 11.6 Å². The quantitative estimate of drug-likeness (QED) is 0.373. The molecule has 7 nitrogen and oxygen atoms in total. The number of rotatable bonds is 10. The minimum absolute atomic E-state index is 0.0307. The Bertz CT molecular complexity index is 1300. The third kappa shape index (κ3) is 7.30. The number of hydrogen-bond donors (Lipinski definition) is 1. The van der Waals surface area contributed by atoms with E-state index in [1.807, 2.05) is 0 Å². The lowest BCUT2D eigenvalue weighted by atomic mass is 10.2. The largest absolute Gasteiger partial charge is 0.497 e. The van der Waals surface area contributed by atoms with Crippen molar-refractivity contribution in [2.75, 3.05) is 29.5 Å². The standard InChI is InChI=1S/C24H23ClF2N2O5S/c1-33-18-7-9-19(10-8-18)34-23-12-5-16(25)14-22(23)28-24(30)4-3-13-29(35(2,31)32)17-6-11-20(26)21(27)15-17/h5-12,14-15H,3-4,13H2,1-2H3,(H,28,30). The Kier molecular flexibility index (Phi) is 8.52. The number of nitrogens with zero attached hydrogens (tertiary/aromatic N) is 1. The second kappa shape index (κ2) is 11.4. The molecule has 3 aromatic carbocycles. The molecule has 35 heavy (non-hydrogen) atoms. The molecule has 0 aliphatic rings. The molecule has 0 saturated heterocycles. The van der Waals surface area contributed by atoms with Gasteiger partial charge in [-0.3, -0.25) is 9.10 Å². The van der Waals surface area contributed by atoms with Gasteiger partial charge in [0.05, 0.1) is 24.7 Å². The molecule has 0 bridgehead atoms. The van der Waals surface area contributed by atoms with E-state index in [9.17, 15) is 22.0 Å². The Hall–Kier alpha value is -3.37. The third-order valence-corrected chi connectivity index (χ3v) is 6.29. The van der Waals surface area contributed by atoms with Gasteiger partial charge in [0.15, 0.2) is 17.4 Å². The van der Waals surface area contributed by atoms with E-state index in [4.69, 9.17) is 21.1 Å². The van der Waals surface area contributed by atoms with Gasteiger partial charge in [0.25, 0.3) is 0 Å². The highest BCUT2D eigenvalue weighted by Crippen LogP contribution is 2.33. The third-order valence-electron chi connectivity index (χ3n) is 4.86. The summed E-state index contributed by atoms with van der Waals surface area (Å²) in [6.45, 7) is -0.109. The van der Waals surface area contributed by atoms with Gasteiger partial charge in [-0.25, -0.2) is 17.2 Å². The minimum Gasteiger partial charge on any atom is -0.497 e. The van der Waals surface area contributed by atoms with Crippen molar-refractivity contribution < 1.29 is 31.5 Å². The number of ether oxygens (including phenoxy) is 2. The number of amides is 1. The van der Waals surface area contributed by atoms with Crippen molar-refractivity contribution in [2.45, 2.75) is 12.8 Å². The second-order valence-corrected chi connectivity index (χ2v) is 9.85. The van der Waals surface area contributed by atoms with Crippen LogP contribution >= 0.6 is 11.6 Å². The van der Waals surface area contributed by atoms with Crippen LogP contribution in [0.25, 0.3) is 0 Å². The number of carbonyl (C=O) groups is 1. The Morgan fingerprint density at radius 3 is 2.31 bits per heavy atom. The lowest BCUT2D eigenvalue weighted by Crippen LogP contribution is -2.31. The van der Waals surface area contributed by atoms with Crippen LogP contribution in [0.2, 0.25) is 5.02 Å². The average molecular weight is 525 g/mol. The maximum Gasteiger partial charge on any atom is 0.232 e. The molecule has 11 heteroatoms. The first-order valence-electron chi connectivity index (χ1n) is 10.4. The smallest absolute Gasteiger partial charge is 0.232 e. The maximum absolute atomic E-state index is 13.6. The summed E-state index contributed by atoms with van der Waals surface area (Å²) < 4.78 is 63.0. The molecule has 0 aliphatic carbocycles. The Balaban J connectivity index is 1.66. The van der Waals surface area contributed by atoms with Crippen LogP contribution in [0.4, 0.5) is 20.2 Å². The van der Waals surface area contributed by atoms with Crippen LogP contribution in [-0.2, 0) is 14.8 Å². The normalized spacial score (nSPS) is 11.1. The fraction of sp³-hybridized carbons (Fsp3) is 0.208. The van der Waals surface area contributed by atoms with Crippen molar-refractivity contribution in [3.63, 3.8) is 0 Å². The average Bonchev–Trinajstić information content (AvgIpc) is 2.80. The van der Waals surface area contributed by atoms with Crippen molar-refractivity contribution in [3.05, 3.63) is 77.3 Å². The molecule has 1 amide bonds. The van der Waals surface area contributed by atoms with E-state index in [0.29, 0.717) is 28.0 Å². The molecule has 3 rings (SSSR count). The Morgan fingerprint density at radius 1 is 1.00 bits per heavy atom. The van der Waals surface area contributed by atoms with Gasteiger partial charge in [0.1, 0.15) is 11.5 Å². The summed E-state index contributed by atoms with van der Waals surface area (Å²) in [5, 5.41) is 3.09. The van der Waals surface area contributed by atoms with E-state index < -0.39 is 27.6 Å². The second-order valence-electron chi connectivity index (χ2n) is 7.50. The number of sulfonamides is 1. The summed E-state index contributed by atoms with van der Waals surface area (Å²) in [6, 6.07) is 14.4. The fourth-order valence-electron chi connectivity index (χ4n) is 3.18. The summed E-state index contributed by atoms with van der Waals surface area (Å²) in [5.41, 5.74) is 0.302. The van der Waals surface area contributed by atoms with Crippen LogP contribution in [-0.4, -0.2) is 34.2 Å². The van der Waals surface area contributed by atoms with Crippen molar-refractivity contribution >= 4 is 38.9 Å². The number of halogens is 3. The number of benzene rings is 3. The highest BCUT2D eigenvalue weighted by molar-refractivity contribution is 7.92. The number of carbonyl (C=O) groups excluding carboxylic acids is 1. The van der Waals surface area contributed by atoms with E-state index in [1.165, 1.54) is 6.07 Å². The van der Waals surface area contributed by atoms with Gasteiger partial charge in [0, 0.05) is 24.1 Å². The highest BCUT2D eigenvalue weighted by Gasteiger charge is 2.19. The summed E-state index contributed by atoms with van der Waals surface area (Å²) >= 11 is 6.08. The van der Waals surface area contributed by atoms with Crippen LogP contribution in [0.5, 0.6) is 17.2 Å². The van der Waals surface area contributed by atoms with Gasteiger partial charge in [-0.1, -0.05) is 11.6 Å². The topological polar surface area (TPSA) is 84.9 Å². The summed E-state index contributed by atoms with van der Waals surface area (Å²) in [5.74, 6) is -1.14. The van der Waals surface area contributed by atoms with Crippen LogP contribution in [0.15, 0.2) is 60.7 Å². The summed E-state index contributed by atoms with van der Waals surface area (Å²) in [6.07, 6.45) is 1.01. The fourth-order valence-corrected chi connectivity index (χ4v) is 4.31. The molecule has 0 unspecified atom stereocenters. The molecule has 0 heterocycles. The monoisotopic (exact) mass is 524 g/mol. The lowest BCUT2D eigenvalue weighted by Gasteiger charge is -2.22. The van der Waals surface area contributed by atoms with E-state index in [-0.39, 0.29) is 25.1 Å². The van der Waals surface area contributed by atoms with Gasteiger partial charge in [-0.05, 0) is 61.0 Å². The summed E-state index contributed by atoms with van der Waals surface area (Å²) in [4.78, 5) is 12.6. The minimum atomic E-state index is -3.79. The van der Waals surface area contributed by atoms with Crippen LogP contribution in [0.1, 0.15) is 12.8 Å². The molecule has 186 valence electrons. The predicted molar refractivity (Wildman–Crippen MR) is 131 cm³/mol. The number of nitrogens with one attached hydrogen (secondary N) is 1. The van der Waals surface area contributed by atoms with Gasteiger partial charge in [0.2, 0.25) is 15.9 Å². The molecule has 0 spiro atoms. The molecule has 3 aromatic rings. The Morgan fingerprint density at radius 2 is 1.69 bits per heavy atom. The van der Waals surface area contributed by atoms with Crippen molar-refractivity contribution in [2.24, 2.45) is 0 Å². The zero-order valence-corrected chi connectivity index (χ0v) is 20.5. The first kappa shape index (κ1) is 26.2. The first-order valence-corrected chi connectivity index (χ1v) is 12.6. The van der Waals surface area contributed by atoms with Crippen molar-refractivity contribution in [3.8, 4) is 17.2 Å². The van der Waals surface area contributed by atoms with Crippen molar-refractivity contribution in [1.82, 2.24) is 0 Å². The molecule has 0 aliphatic heterocycles. The number of hydrogen-bond acceptors (Lipinski definition) is 5. The lowest BCUT2D eigenvalue weighted by molar-refractivity contribution is -0.116. The van der Waals surface area contributed by atoms with Gasteiger partial charge < -0.3 is 14.8 Å². The predicted octanol–water partition coefficient (Wildman–Crippen LogP) is 5.60. The molecule has 0 atom stereocenters. The molecular weight excluding hydrogens is 502 g/mol. The molecule has 0 aromatic heterocycles.